The van der Waals surface area contributed by atoms with Gasteiger partial charge in [0.2, 0.25) is 0 Å². The summed E-state index contributed by atoms with van der Waals surface area (Å²) in [6.45, 7) is 2.34. The van der Waals surface area contributed by atoms with Crippen molar-refractivity contribution in [1.29, 1.82) is 0 Å². The predicted molar refractivity (Wildman–Crippen MR) is 74.0 cm³/mol. The summed E-state index contributed by atoms with van der Waals surface area (Å²) in [7, 11) is 0. The number of rotatable bonds is 5. The van der Waals surface area contributed by atoms with Crippen LogP contribution in [-0.2, 0) is 13.2 Å². The van der Waals surface area contributed by atoms with Crippen LogP contribution in [0.25, 0.3) is 0 Å². The van der Waals surface area contributed by atoms with Crippen LogP contribution in [0.3, 0.4) is 0 Å². The zero-order valence-corrected chi connectivity index (χ0v) is 11.2. The number of hydrogen-bond donors (Lipinski definition) is 2. The predicted octanol–water partition coefficient (Wildman–Crippen LogP) is 3.31. The third kappa shape index (κ3) is 3.62. The highest BCUT2D eigenvalue weighted by Crippen LogP contribution is 2.17. The van der Waals surface area contributed by atoms with Crippen molar-refractivity contribution >= 4 is 0 Å². The van der Waals surface area contributed by atoms with E-state index in [9.17, 15) is 13.9 Å². The first kappa shape index (κ1) is 14.6. The van der Waals surface area contributed by atoms with Crippen LogP contribution in [-0.4, -0.2) is 5.11 Å². The van der Waals surface area contributed by atoms with Gasteiger partial charge in [0.05, 0.1) is 6.61 Å². The molecule has 20 heavy (non-hydrogen) atoms. The molecule has 2 N–H and O–H groups in total. The Labute approximate surface area is 117 Å². The van der Waals surface area contributed by atoms with Gasteiger partial charge in [-0.3, -0.25) is 0 Å². The maximum atomic E-state index is 13.2. The van der Waals surface area contributed by atoms with Gasteiger partial charge >= 0.3 is 0 Å². The Bertz CT molecular complexity index is 566. The van der Waals surface area contributed by atoms with E-state index in [4.69, 9.17) is 0 Å². The van der Waals surface area contributed by atoms with E-state index >= 15 is 0 Å². The highest BCUT2D eigenvalue weighted by Gasteiger charge is 2.09. The van der Waals surface area contributed by atoms with Crippen LogP contribution in [0, 0.1) is 11.6 Å². The van der Waals surface area contributed by atoms with Gasteiger partial charge in [0.15, 0.2) is 0 Å². The first-order chi connectivity index (χ1) is 9.60. The largest absolute Gasteiger partial charge is 0.392 e. The summed E-state index contributed by atoms with van der Waals surface area (Å²) in [6, 6.07) is 10.8. The number of benzene rings is 2. The first-order valence-corrected chi connectivity index (χ1v) is 6.47. The van der Waals surface area contributed by atoms with Crippen molar-refractivity contribution in [1.82, 2.24) is 5.32 Å². The Balaban J connectivity index is 2.06. The minimum Gasteiger partial charge on any atom is -0.392 e. The molecule has 2 nitrogen and oxygen atoms in total. The molecule has 106 valence electrons. The van der Waals surface area contributed by atoms with Gasteiger partial charge in [0.25, 0.3) is 0 Å². The maximum absolute atomic E-state index is 13.2. The summed E-state index contributed by atoms with van der Waals surface area (Å²) in [4.78, 5) is 0. The van der Waals surface area contributed by atoms with E-state index in [1.54, 1.807) is 0 Å². The Morgan fingerprint density at radius 2 is 1.65 bits per heavy atom. The Kier molecular flexibility index (Phi) is 4.82. The quantitative estimate of drug-likeness (QED) is 0.879. The van der Waals surface area contributed by atoms with Gasteiger partial charge in [-0.1, -0.05) is 24.3 Å². The zero-order chi connectivity index (χ0) is 14.5. The molecule has 1 unspecified atom stereocenters. The Morgan fingerprint density at radius 3 is 2.25 bits per heavy atom. The third-order valence-electron chi connectivity index (χ3n) is 3.27. The van der Waals surface area contributed by atoms with Crippen LogP contribution >= 0.6 is 0 Å². The van der Waals surface area contributed by atoms with Crippen LogP contribution in [0.4, 0.5) is 8.78 Å². The number of aliphatic hydroxyl groups excluding tert-OH is 1. The summed E-state index contributed by atoms with van der Waals surface area (Å²) in [5.41, 5.74) is 2.38. The average molecular weight is 277 g/mol. The number of aliphatic hydroxyl groups is 1. The van der Waals surface area contributed by atoms with Crippen molar-refractivity contribution in [2.45, 2.75) is 26.1 Å². The molecule has 2 rings (SSSR count). The van der Waals surface area contributed by atoms with Gasteiger partial charge in [-0.25, -0.2) is 8.78 Å². The monoisotopic (exact) mass is 277 g/mol. The average Bonchev–Trinajstić information content (AvgIpc) is 2.44. The molecule has 0 amide bonds. The fourth-order valence-corrected chi connectivity index (χ4v) is 2.09. The first-order valence-electron chi connectivity index (χ1n) is 6.47. The Morgan fingerprint density at radius 1 is 1.05 bits per heavy atom. The minimum absolute atomic E-state index is 0.0270. The van der Waals surface area contributed by atoms with Crippen LogP contribution in [0.5, 0.6) is 0 Å². The topological polar surface area (TPSA) is 32.3 Å². The summed E-state index contributed by atoms with van der Waals surface area (Å²) in [6.07, 6.45) is 0. The lowest BCUT2D eigenvalue weighted by Crippen LogP contribution is -2.19. The van der Waals surface area contributed by atoms with E-state index in [0.29, 0.717) is 12.1 Å². The molecule has 2 aromatic carbocycles. The molecule has 0 aliphatic rings. The van der Waals surface area contributed by atoms with Crippen LogP contribution in [0.15, 0.2) is 42.5 Å². The fourth-order valence-electron chi connectivity index (χ4n) is 2.09. The van der Waals surface area contributed by atoms with E-state index in [-0.39, 0.29) is 12.6 Å². The molecule has 0 fully saturated rings. The van der Waals surface area contributed by atoms with Crippen LogP contribution in [0.2, 0.25) is 0 Å². The summed E-state index contributed by atoms with van der Waals surface area (Å²) < 4.78 is 26.3. The second-order valence-corrected chi connectivity index (χ2v) is 4.73. The molecule has 0 radical (unpaired) electrons. The van der Waals surface area contributed by atoms with E-state index in [1.807, 2.05) is 31.2 Å². The van der Waals surface area contributed by atoms with Gasteiger partial charge in [-0.05, 0) is 35.7 Å². The highest BCUT2D eigenvalue weighted by atomic mass is 19.1. The van der Waals surface area contributed by atoms with Crippen molar-refractivity contribution in [3.63, 3.8) is 0 Å². The SMILES string of the molecule is CC(NCc1ccccc1CO)c1cc(F)cc(F)c1. The smallest absolute Gasteiger partial charge is 0.126 e. The lowest BCUT2D eigenvalue weighted by Gasteiger charge is -2.16. The lowest BCUT2D eigenvalue weighted by atomic mass is 10.1. The Hall–Kier alpha value is -1.78. The summed E-state index contributed by atoms with van der Waals surface area (Å²) in [5.74, 6) is -1.16. The molecule has 1 atom stereocenters. The number of halogens is 2. The van der Waals surface area contributed by atoms with Crippen molar-refractivity contribution in [3.8, 4) is 0 Å². The van der Waals surface area contributed by atoms with Crippen molar-refractivity contribution < 1.29 is 13.9 Å². The van der Waals surface area contributed by atoms with Crippen molar-refractivity contribution in [3.05, 3.63) is 70.8 Å². The minimum atomic E-state index is -0.579. The molecule has 0 saturated heterocycles. The second-order valence-electron chi connectivity index (χ2n) is 4.73. The van der Waals surface area contributed by atoms with Gasteiger partial charge in [-0.2, -0.15) is 0 Å². The summed E-state index contributed by atoms with van der Waals surface area (Å²) >= 11 is 0. The van der Waals surface area contributed by atoms with Crippen molar-refractivity contribution in [2.24, 2.45) is 0 Å². The number of hydrogen-bond acceptors (Lipinski definition) is 2. The van der Waals surface area contributed by atoms with E-state index in [0.717, 1.165) is 17.2 Å². The van der Waals surface area contributed by atoms with Gasteiger partial charge in [0.1, 0.15) is 11.6 Å². The standard InChI is InChI=1S/C16H17F2NO/c1-11(14-6-15(17)8-16(18)7-14)19-9-12-4-2-3-5-13(12)10-20/h2-8,11,19-20H,9-10H2,1H3. The highest BCUT2D eigenvalue weighted by molar-refractivity contribution is 5.27. The number of nitrogens with one attached hydrogen (secondary N) is 1. The molecule has 0 aliphatic carbocycles. The van der Waals surface area contributed by atoms with Crippen LogP contribution in [0.1, 0.15) is 29.7 Å². The van der Waals surface area contributed by atoms with Gasteiger partial charge < -0.3 is 10.4 Å². The maximum Gasteiger partial charge on any atom is 0.126 e. The molecule has 0 heterocycles. The molecular weight excluding hydrogens is 260 g/mol. The molecule has 0 aliphatic heterocycles. The van der Waals surface area contributed by atoms with Crippen molar-refractivity contribution in [2.75, 3.05) is 0 Å². The van der Waals surface area contributed by atoms with Gasteiger partial charge in [-0.15, -0.1) is 0 Å². The van der Waals surface area contributed by atoms with E-state index < -0.39 is 11.6 Å². The zero-order valence-electron chi connectivity index (χ0n) is 11.2. The lowest BCUT2D eigenvalue weighted by molar-refractivity contribution is 0.280. The summed E-state index contributed by atoms with van der Waals surface area (Å²) in [5, 5.41) is 12.4. The molecule has 0 bridgehead atoms. The molecular formula is C16H17F2NO. The fraction of sp³-hybridized carbons (Fsp3) is 0.250. The van der Waals surface area contributed by atoms with E-state index in [2.05, 4.69) is 5.32 Å². The normalized spacial score (nSPS) is 12.4. The van der Waals surface area contributed by atoms with Crippen LogP contribution < -0.4 is 5.32 Å². The molecule has 2 aromatic rings. The third-order valence-corrected chi connectivity index (χ3v) is 3.27. The second kappa shape index (κ2) is 6.59. The van der Waals surface area contributed by atoms with Gasteiger partial charge in [0, 0.05) is 18.7 Å². The molecule has 0 spiro atoms. The molecule has 0 saturated carbocycles. The molecule has 0 aromatic heterocycles. The molecule has 4 heteroatoms. The van der Waals surface area contributed by atoms with E-state index in [1.165, 1.54) is 12.1 Å².